The molecule has 0 fully saturated rings. The van der Waals surface area contributed by atoms with Gasteiger partial charge in [-0.05, 0) is 28.2 Å². The Morgan fingerprint density at radius 1 is 0.769 bits per heavy atom. The van der Waals surface area contributed by atoms with Gasteiger partial charge in [0.1, 0.15) is 8.24 Å². The molecule has 0 rings (SSSR count). The van der Waals surface area contributed by atoms with Crippen molar-refractivity contribution < 1.29 is 0 Å². The third-order valence-electron chi connectivity index (χ3n) is 1.86. The standard InChI is InChI=1S/C7H25N3Si3/c1-8(2)11-10(12-9(3)4)13(5,6)7/h11-12H2,1-7H3. The molecule has 0 aliphatic heterocycles. The van der Waals surface area contributed by atoms with Gasteiger partial charge in [-0.15, -0.1) is 0 Å². The van der Waals surface area contributed by atoms with Gasteiger partial charge in [-0.2, -0.15) is 0 Å². The summed E-state index contributed by atoms with van der Waals surface area (Å²) in [6.45, 7) is 7.38. The van der Waals surface area contributed by atoms with Crippen LogP contribution in [0.25, 0.3) is 0 Å². The molecule has 0 aromatic rings. The first-order valence-corrected chi connectivity index (χ1v) is 10.8. The zero-order chi connectivity index (χ0) is 10.6. The predicted molar refractivity (Wildman–Crippen MR) is 69.6 cm³/mol. The maximum atomic E-state index is 2.85. The largest absolute Gasteiger partial charge is 0.354 e. The summed E-state index contributed by atoms with van der Waals surface area (Å²) in [5.41, 5.74) is 0. The van der Waals surface area contributed by atoms with E-state index >= 15 is 0 Å². The highest BCUT2D eigenvalue weighted by atomic mass is 28.4. The Morgan fingerprint density at radius 2 is 1.08 bits per heavy atom. The average molecular weight is 236 g/mol. The minimum atomic E-state index is -1.04. The zero-order valence-corrected chi connectivity index (χ0v) is 14.1. The summed E-state index contributed by atoms with van der Waals surface area (Å²) in [6, 6.07) is 0. The van der Waals surface area contributed by atoms with Crippen LogP contribution < -0.4 is 0 Å². The van der Waals surface area contributed by atoms with E-state index in [4.69, 9.17) is 0 Å². The molecule has 0 saturated heterocycles. The summed E-state index contributed by atoms with van der Waals surface area (Å²) in [5, 5.41) is 0. The quantitative estimate of drug-likeness (QED) is 0.581. The molecule has 0 aliphatic rings. The lowest BCUT2D eigenvalue weighted by Gasteiger charge is -2.37. The highest BCUT2D eigenvalue weighted by molar-refractivity contribution is 6.85. The van der Waals surface area contributed by atoms with Gasteiger partial charge in [0.2, 0.25) is 0 Å². The van der Waals surface area contributed by atoms with Gasteiger partial charge in [-0.25, -0.2) is 0 Å². The first-order chi connectivity index (χ1) is 5.73. The number of hydrogen-bond donors (Lipinski definition) is 0. The normalized spacial score (nSPS) is 15.2. The van der Waals surface area contributed by atoms with Crippen molar-refractivity contribution in [1.29, 1.82) is 0 Å². The monoisotopic (exact) mass is 235 g/mol. The Labute approximate surface area is 89.1 Å². The van der Waals surface area contributed by atoms with Crippen LogP contribution in [0.5, 0.6) is 0 Å². The molecular weight excluding hydrogens is 210 g/mol. The van der Waals surface area contributed by atoms with E-state index in [1.165, 1.54) is 0 Å². The smallest absolute Gasteiger partial charge is 0.159 e. The van der Waals surface area contributed by atoms with Crippen LogP contribution in [0, 0.1) is 0 Å². The average Bonchev–Trinajstić information content (AvgIpc) is 1.81. The zero-order valence-electron chi connectivity index (χ0n) is 10.3. The molecule has 0 amide bonds. The first kappa shape index (κ1) is 13.5. The first-order valence-electron chi connectivity index (χ1n) is 4.78. The Balaban J connectivity index is 4.20. The minimum absolute atomic E-state index is 0.138. The molecule has 80 valence electrons. The second-order valence-electron chi connectivity index (χ2n) is 5.15. The van der Waals surface area contributed by atoms with Crippen LogP contribution in [0.15, 0.2) is 0 Å². The minimum Gasteiger partial charge on any atom is -0.354 e. The summed E-state index contributed by atoms with van der Waals surface area (Å²) in [6.07, 6.45) is 0. The van der Waals surface area contributed by atoms with Crippen LogP contribution in [0.2, 0.25) is 19.6 Å². The summed E-state index contributed by atoms with van der Waals surface area (Å²) in [4.78, 5) is 0. The maximum Gasteiger partial charge on any atom is 0.159 e. The van der Waals surface area contributed by atoms with Crippen molar-refractivity contribution >= 4 is 27.9 Å². The van der Waals surface area contributed by atoms with Gasteiger partial charge in [-0.3, -0.25) is 0 Å². The van der Waals surface area contributed by atoms with Gasteiger partial charge in [0, 0.05) is 0 Å². The number of nitrogens with zero attached hydrogens (tertiary/aromatic N) is 3. The second kappa shape index (κ2) is 5.42. The van der Waals surface area contributed by atoms with E-state index in [2.05, 4.69) is 60.9 Å². The van der Waals surface area contributed by atoms with E-state index < -0.39 is 8.24 Å². The van der Waals surface area contributed by atoms with Crippen LogP contribution in [0.3, 0.4) is 0 Å². The molecule has 0 atom stereocenters. The number of hydrogen-bond acceptors (Lipinski definition) is 3. The van der Waals surface area contributed by atoms with Gasteiger partial charge < -0.3 is 13.0 Å². The molecule has 3 nitrogen and oxygen atoms in total. The Hall–Kier alpha value is 0.531. The molecule has 0 aromatic carbocycles. The van der Waals surface area contributed by atoms with Crippen LogP contribution in [-0.2, 0) is 0 Å². The Morgan fingerprint density at radius 3 is 1.23 bits per heavy atom. The van der Waals surface area contributed by atoms with Gasteiger partial charge in [0.25, 0.3) is 0 Å². The highest BCUT2D eigenvalue weighted by Crippen LogP contribution is 2.06. The van der Waals surface area contributed by atoms with E-state index in [1.54, 1.807) is 0 Å². The molecule has 0 aromatic heterocycles. The van der Waals surface area contributed by atoms with Crippen molar-refractivity contribution in [3.63, 3.8) is 0 Å². The fraction of sp³-hybridized carbons (Fsp3) is 1.00. The van der Waals surface area contributed by atoms with E-state index in [-0.39, 0.29) is 19.7 Å². The van der Waals surface area contributed by atoms with Gasteiger partial charge >= 0.3 is 0 Å². The molecule has 0 bridgehead atoms. The predicted octanol–water partition coefficient (Wildman–Crippen LogP) is -0.756. The fourth-order valence-electron chi connectivity index (χ4n) is 1.15. The third kappa shape index (κ3) is 6.58. The highest BCUT2D eigenvalue weighted by Gasteiger charge is 2.24. The van der Waals surface area contributed by atoms with Crippen molar-refractivity contribution in [1.82, 2.24) is 13.0 Å². The molecule has 0 heterocycles. The van der Waals surface area contributed by atoms with Crippen molar-refractivity contribution in [3.8, 4) is 0 Å². The van der Waals surface area contributed by atoms with Crippen molar-refractivity contribution in [2.75, 3.05) is 28.2 Å². The summed E-state index contributed by atoms with van der Waals surface area (Å²) in [5.74, 6) is 0. The molecule has 0 aliphatic carbocycles. The van der Waals surface area contributed by atoms with Crippen LogP contribution >= 0.6 is 0 Å². The van der Waals surface area contributed by atoms with Gasteiger partial charge in [-0.1, -0.05) is 19.6 Å². The van der Waals surface area contributed by atoms with Gasteiger partial charge in [0.05, 0.1) is 0 Å². The SMILES string of the molecule is CN(C)[SiH2]N([SiH2]N(C)C)[Si](C)(C)C. The van der Waals surface area contributed by atoms with Crippen LogP contribution in [0.1, 0.15) is 0 Å². The van der Waals surface area contributed by atoms with Crippen LogP contribution in [0.4, 0.5) is 0 Å². The third-order valence-corrected chi connectivity index (χ3v) is 13.3. The lowest BCUT2D eigenvalue weighted by Crippen LogP contribution is -2.57. The molecule has 13 heavy (non-hydrogen) atoms. The van der Waals surface area contributed by atoms with Crippen molar-refractivity contribution in [2.45, 2.75) is 19.6 Å². The van der Waals surface area contributed by atoms with E-state index in [1.807, 2.05) is 0 Å². The summed E-state index contributed by atoms with van der Waals surface area (Å²) in [7, 11) is 7.53. The molecule has 6 heteroatoms. The lowest BCUT2D eigenvalue weighted by atomic mass is 11.3. The maximum absolute atomic E-state index is 2.85. The van der Waals surface area contributed by atoms with Crippen molar-refractivity contribution in [2.24, 2.45) is 0 Å². The topological polar surface area (TPSA) is 9.72 Å². The van der Waals surface area contributed by atoms with Crippen molar-refractivity contribution in [3.05, 3.63) is 0 Å². The molecule has 0 spiro atoms. The Kier molecular flexibility index (Phi) is 5.64. The number of rotatable bonds is 5. The van der Waals surface area contributed by atoms with Crippen LogP contribution in [-0.4, -0.2) is 69.1 Å². The molecule has 0 N–H and O–H groups in total. The lowest BCUT2D eigenvalue weighted by molar-refractivity contribution is 0.593. The Bertz CT molecular complexity index is 134. The molecule has 0 unspecified atom stereocenters. The fourth-order valence-corrected chi connectivity index (χ4v) is 10.4. The molecule has 0 radical (unpaired) electrons. The molecular formula is C7H25N3Si3. The van der Waals surface area contributed by atoms with Gasteiger partial charge in [0.15, 0.2) is 19.7 Å². The van der Waals surface area contributed by atoms with E-state index in [0.717, 1.165) is 0 Å². The van der Waals surface area contributed by atoms with E-state index in [9.17, 15) is 0 Å². The summed E-state index contributed by atoms with van der Waals surface area (Å²) >= 11 is 0. The summed E-state index contributed by atoms with van der Waals surface area (Å²) < 4.78 is 7.68. The molecule has 0 saturated carbocycles. The van der Waals surface area contributed by atoms with E-state index in [0.29, 0.717) is 0 Å². The second-order valence-corrected chi connectivity index (χ2v) is 16.9.